The van der Waals surface area contributed by atoms with E-state index in [-0.39, 0.29) is 0 Å². The molecule has 3 nitrogen and oxygen atoms in total. The van der Waals surface area contributed by atoms with Crippen LogP contribution in [-0.4, -0.2) is 50.3 Å². The van der Waals surface area contributed by atoms with Gasteiger partial charge in [0.2, 0.25) is 0 Å². The van der Waals surface area contributed by atoms with Crippen molar-refractivity contribution in [2.45, 2.75) is 37.8 Å². The van der Waals surface area contributed by atoms with Crippen molar-refractivity contribution < 1.29 is 4.74 Å². The lowest BCUT2D eigenvalue weighted by Gasteiger charge is -2.33. The van der Waals surface area contributed by atoms with Crippen LogP contribution in [0.2, 0.25) is 0 Å². The molecule has 0 aromatic carbocycles. The number of nitrogens with zero attached hydrogens (tertiary/aromatic N) is 1. The van der Waals surface area contributed by atoms with E-state index < -0.39 is 0 Å². The summed E-state index contributed by atoms with van der Waals surface area (Å²) < 4.78 is 5.74. The van der Waals surface area contributed by atoms with Gasteiger partial charge in [0.05, 0.1) is 6.10 Å². The molecule has 3 heteroatoms. The monoisotopic (exact) mass is 198 g/mol. The van der Waals surface area contributed by atoms with Gasteiger partial charge in [-0.25, -0.2) is 0 Å². The predicted octanol–water partition coefficient (Wildman–Crippen LogP) is 0.849. The first kappa shape index (κ1) is 10.4. The van der Waals surface area contributed by atoms with E-state index in [1.54, 1.807) is 0 Å². The highest BCUT2D eigenvalue weighted by Crippen LogP contribution is 2.17. The molecule has 1 N–H and O–H groups in total. The highest BCUT2D eigenvalue weighted by atomic mass is 16.5. The van der Waals surface area contributed by atoms with Crippen LogP contribution in [0.3, 0.4) is 0 Å². The Morgan fingerprint density at radius 2 is 2.21 bits per heavy atom. The second kappa shape index (κ2) is 5.10. The van der Waals surface area contributed by atoms with E-state index in [1.807, 2.05) is 0 Å². The maximum absolute atomic E-state index is 5.74. The van der Waals surface area contributed by atoms with Crippen molar-refractivity contribution in [1.82, 2.24) is 10.2 Å². The second-order valence-electron chi connectivity index (χ2n) is 4.57. The Morgan fingerprint density at radius 1 is 1.36 bits per heavy atom. The summed E-state index contributed by atoms with van der Waals surface area (Å²) in [6.07, 6.45) is 5.86. The molecule has 0 aromatic rings. The summed E-state index contributed by atoms with van der Waals surface area (Å²) in [4.78, 5) is 2.49. The Balaban J connectivity index is 1.58. The van der Waals surface area contributed by atoms with E-state index in [2.05, 4.69) is 17.3 Å². The van der Waals surface area contributed by atoms with Crippen LogP contribution in [0.1, 0.15) is 25.7 Å². The molecule has 0 spiro atoms. The van der Waals surface area contributed by atoms with Crippen molar-refractivity contribution in [1.29, 1.82) is 0 Å². The normalized spacial score (nSPS) is 30.2. The first-order valence-electron chi connectivity index (χ1n) is 5.89. The average Bonchev–Trinajstić information content (AvgIpc) is 2.12. The number of rotatable bonds is 4. The van der Waals surface area contributed by atoms with Gasteiger partial charge in [0, 0.05) is 25.7 Å². The number of piperidine rings is 1. The minimum Gasteiger partial charge on any atom is -0.376 e. The molecule has 2 saturated heterocycles. The van der Waals surface area contributed by atoms with Crippen LogP contribution in [0.25, 0.3) is 0 Å². The SMILES string of the molecule is CN1CCCCC1CCOC1CNC1. The quantitative estimate of drug-likeness (QED) is 0.725. The lowest BCUT2D eigenvalue weighted by atomic mass is 10.0. The Bertz CT molecular complexity index is 171. The van der Waals surface area contributed by atoms with Gasteiger partial charge in [-0.05, 0) is 32.9 Å². The molecule has 0 saturated carbocycles. The van der Waals surface area contributed by atoms with Gasteiger partial charge in [-0.3, -0.25) is 0 Å². The maximum Gasteiger partial charge on any atom is 0.0823 e. The van der Waals surface area contributed by atoms with Gasteiger partial charge >= 0.3 is 0 Å². The molecule has 0 aromatic heterocycles. The van der Waals surface area contributed by atoms with Crippen LogP contribution >= 0.6 is 0 Å². The molecule has 0 aliphatic carbocycles. The number of hydrogen-bond donors (Lipinski definition) is 1. The minimum absolute atomic E-state index is 0.504. The van der Waals surface area contributed by atoms with Crippen LogP contribution in [0, 0.1) is 0 Å². The fourth-order valence-electron chi connectivity index (χ4n) is 2.26. The lowest BCUT2D eigenvalue weighted by Crippen LogP contribution is -2.49. The zero-order valence-electron chi connectivity index (χ0n) is 9.17. The zero-order chi connectivity index (χ0) is 9.80. The van der Waals surface area contributed by atoms with E-state index in [0.29, 0.717) is 6.10 Å². The lowest BCUT2D eigenvalue weighted by molar-refractivity contribution is 0.00566. The summed E-state index contributed by atoms with van der Waals surface area (Å²) in [5.74, 6) is 0. The minimum atomic E-state index is 0.504. The van der Waals surface area contributed by atoms with Gasteiger partial charge < -0.3 is 15.0 Å². The topological polar surface area (TPSA) is 24.5 Å². The fourth-order valence-corrected chi connectivity index (χ4v) is 2.26. The molecule has 82 valence electrons. The Labute approximate surface area is 86.8 Å². The fraction of sp³-hybridized carbons (Fsp3) is 1.00. The van der Waals surface area contributed by atoms with Gasteiger partial charge in [-0.15, -0.1) is 0 Å². The van der Waals surface area contributed by atoms with E-state index in [0.717, 1.165) is 25.7 Å². The standard InChI is InChI=1S/C11H22N2O/c1-13-6-3-2-4-10(13)5-7-14-11-8-12-9-11/h10-12H,2-9H2,1H3. The van der Waals surface area contributed by atoms with Gasteiger partial charge in [-0.2, -0.15) is 0 Å². The first-order chi connectivity index (χ1) is 6.86. The summed E-state index contributed by atoms with van der Waals surface area (Å²) in [6.45, 7) is 4.33. The van der Waals surface area contributed by atoms with E-state index >= 15 is 0 Å². The third kappa shape index (κ3) is 2.69. The number of likely N-dealkylation sites (tertiary alicyclic amines) is 1. The van der Waals surface area contributed by atoms with Crippen molar-refractivity contribution in [2.24, 2.45) is 0 Å². The largest absolute Gasteiger partial charge is 0.376 e. The molecule has 1 atom stereocenters. The van der Waals surface area contributed by atoms with E-state index in [1.165, 1.54) is 32.2 Å². The van der Waals surface area contributed by atoms with Gasteiger partial charge in [0.15, 0.2) is 0 Å². The molecular formula is C11H22N2O. The molecule has 2 rings (SSSR count). The van der Waals surface area contributed by atoms with Crippen molar-refractivity contribution in [3.63, 3.8) is 0 Å². The van der Waals surface area contributed by atoms with Gasteiger partial charge in [-0.1, -0.05) is 6.42 Å². The Morgan fingerprint density at radius 3 is 2.86 bits per heavy atom. The molecule has 2 fully saturated rings. The molecule has 2 aliphatic heterocycles. The molecule has 14 heavy (non-hydrogen) atoms. The van der Waals surface area contributed by atoms with Crippen LogP contribution < -0.4 is 5.32 Å². The third-order valence-electron chi connectivity index (χ3n) is 3.47. The second-order valence-corrected chi connectivity index (χ2v) is 4.57. The summed E-state index contributed by atoms with van der Waals surface area (Å²) in [7, 11) is 2.24. The van der Waals surface area contributed by atoms with E-state index in [9.17, 15) is 0 Å². The molecule has 2 aliphatic rings. The highest BCUT2D eigenvalue weighted by Gasteiger charge is 2.20. The maximum atomic E-state index is 5.74. The van der Waals surface area contributed by atoms with Gasteiger partial charge in [0.25, 0.3) is 0 Å². The van der Waals surface area contributed by atoms with E-state index in [4.69, 9.17) is 4.74 Å². The molecule has 0 bridgehead atoms. The molecule has 0 amide bonds. The van der Waals surface area contributed by atoms with Crippen molar-refractivity contribution in [2.75, 3.05) is 33.3 Å². The molecule has 0 radical (unpaired) electrons. The van der Waals surface area contributed by atoms with Crippen molar-refractivity contribution >= 4 is 0 Å². The molecular weight excluding hydrogens is 176 g/mol. The van der Waals surface area contributed by atoms with Crippen LogP contribution in [0.4, 0.5) is 0 Å². The van der Waals surface area contributed by atoms with Crippen LogP contribution in [0.5, 0.6) is 0 Å². The number of nitrogens with one attached hydrogen (secondary N) is 1. The third-order valence-corrected chi connectivity index (χ3v) is 3.47. The van der Waals surface area contributed by atoms with Crippen molar-refractivity contribution in [3.8, 4) is 0 Å². The molecule has 1 unspecified atom stereocenters. The first-order valence-corrected chi connectivity index (χ1v) is 5.89. The van der Waals surface area contributed by atoms with Gasteiger partial charge in [0.1, 0.15) is 0 Å². The predicted molar refractivity (Wildman–Crippen MR) is 57.5 cm³/mol. The molecule has 2 heterocycles. The summed E-state index contributed by atoms with van der Waals surface area (Å²) in [6, 6.07) is 0.775. The zero-order valence-corrected chi connectivity index (χ0v) is 9.17. The number of ether oxygens (including phenoxy) is 1. The van der Waals surface area contributed by atoms with Crippen LogP contribution in [-0.2, 0) is 4.74 Å². The Hall–Kier alpha value is -0.120. The van der Waals surface area contributed by atoms with Crippen molar-refractivity contribution in [3.05, 3.63) is 0 Å². The summed E-state index contributed by atoms with van der Waals surface area (Å²) in [5, 5.41) is 3.22. The average molecular weight is 198 g/mol. The highest BCUT2D eigenvalue weighted by molar-refractivity contribution is 4.77. The van der Waals surface area contributed by atoms with Crippen LogP contribution in [0.15, 0.2) is 0 Å². The number of hydrogen-bond acceptors (Lipinski definition) is 3. The Kier molecular flexibility index (Phi) is 3.79. The smallest absolute Gasteiger partial charge is 0.0823 e. The summed E-state index contributed by atoms with van der Waals surface area (Å²) >= 11 is 0. The summed E-state index contributed by atoms with van der Waals surface area (Å²) in [5.41, 5.74) is 0.